The number of nitrogens with zero attached hydrogens (tertiary/aromatic N) is 4. The number of nitrogens with two attached hydrogens (primary N) is 1. The zero-order valence-electron chi connectivity index (χ0n) is 20.2. The van der Waals surface area contributed by atoms with Crippen LogP contribution >= 0.6 is 11.8 Å². The molecule has 1 aliphatic heterocycles. The summed E-state index contributed by atoms with van der Waals surface area (Å²) in [5.41, 5.74) is 5.29. The quantitative estimate of drug-likeness (QED) is 0.448. The molecule has 1 aliphatic carbocycles. The summed E-state index contributed by atoms with van der Waals surface area (Å²) < 4.78 is 45.4. The molecule has 5 rings (SSSR count). The summed E-state index contributed by atoms with van der Waals surface area (Å²) in [6.07, 6.45) is 4.87. The fraction of sp³-hybridized carbons (Fsp3) is 0.375. The highest BCUT2D eigenvalue weighted by molar-refractivity contribution is 8.15. The topological polar surface area (TPSA) is 138 Å². The summed E-state index contributed by atoms with van der Waals surface area (Å²) >= 11 is 1.39. The molecule has 2 aliphatic rings. The lowest BCUT2D eigenvalue weighted by atomic mass is 9.85. The van der Waals surface area contributed by atoms with Gasteiger partial charge in [-0.05, 0) is 26.3 Å². The van der Waals surface area contributed by atoms with Crippen LogP contribution in [0.5, 0.6) is 5.88 Å². The van der Waals surface area contributed by atoms with Crippen LogP contribution in [0.25, 0.3) is 0 Å². The molecule has 1 saturated carbocycles. The fourth-order valence-corrected chi connectivity index (χ4v) is 6.21. The van der Waals surface area contributed by atoms with E-state index in [1.807, 2.05) is 0 Å². The molecule has 0 radical (unpaired) electrons. The predicted molar refractivity (Wildman–Crippen MR) is 131 cm³/mol. The van der Waals surface area contributed by atoms with Crippen LogP contribution in [0.3, 0.4) is 0 Å². The monoisotopic (exact) mass is 530 g/mol. The first kappa shape index (κ1) is 25.1. The molecule has 3 atom stereocenters. The molecule has 3 N–H and O–H groups in total. The van der Waals surface area contributed by atoms with Gasteiger partial charge in [-0.2, -0.15) is 0 Å². The number of benzene rings is 1. The van der Waals surface area contributed by atoms with Gasteiger partial charge in [0.15, 0.2) is 23.4 Å². The highest BCUT2D eigenvalue weighted by atomic mass is 32.2. The van der Waals surface area contributed by atoms with Gasteiger partial charge in [0.05, 0.1) is 35.0 Å². The van der Waals surface area contributed by atoms with Gasteiger partial charge in [-0.1, -0.05) is 11.8 Å². The van der Waals surface area contributed by atoms with E-state index in [9.17, 15) is 9.18 Å². The van der Waals surface area contributed by atoms with E-state index in [1.54, 1.807) is 21.0 Å². The zero-order valence-corrected chi connectivity index (χ0v) is 21.1. The molecule has 3 aromatic rings. The van der Waals surface area contributed by atoms with Crippen molar-refractivity contribution in [3.8, 4) is 5.88 Å². The number of hydrogen-bond acceptors (Lipinski definition) is 10. The average molecular weight is 531 g/mol. The molecule has 0 bridgehead atoms. The molecule has 0 saturated heterocycles. The van der Waals surface area contributed by atoms with Crippen molar-refractivity contribution < 1.29 is 27.5 Å². The van der Waals surface area contributed by atoms with E-state index < -0.39 is 23.1 Å². The second-order valence-corrected chi connectivity index (χ2v) is 10.5. The number of aromatic nitrogens is 3. The lowest BCUT2D eigenvalue weighted by Crippen LogP contribution is -2.38. The number of halogens is 2. The first-order valence-corrected chi connectivity index (χ1v) is 12.2. The number of thioether (sulfide) groups is 1. The highest BCUT2D eigenvalue weighted by Gasteiger charge is 2.66. The first-order valence-electron chi connectivity index (χ1n) is 11.3. The van der Waals surface area contributed by atoms with Gasteiger partial charge in [0.1, 0.15) is 12.0 Å². The van der Waals surface area contributed by atoms with Gasteiger partial charge in [0.2, 0.25) is 11.8 Å². The fourth-order valence-electron chi connectivity index (χ4n) is 4.76. The number of amidine groups is 1. The SMILES string of the molecule is COC[C@]12C[C@H]1[C@](C)(c1cc(NC(=O)c3ncc(OCc4ncco4)nc3C)cc(F)c1F)N=C(N)S2. The van der Waals surface area contributed by atoms with Crippen molar-refractivity contribution in [2.75, 3.05) is 19.0 Å². The Balaban J connectivity index is 1.38. The largest absolute Gasteiger partial charge is 0.467 e. The number of aliphatic imine (C=N–C) groups is 1. The van der Waals surface area contributed by atoms with E-state index in [4.69, 9.17) is 19.6 Å². The number of fused-ring (bicyclic) bond motifs is 1. The van der Waals surface area contributed by atoms with Crippen LogP contribution in [0.4, 0.5) is 14.5 Å². The summed E-state index contributed by atoms with van der Waals surface area (Å²) in [5, 5.41) is 2.86. The summed E-state index contributed by atoms with van der Waals surface area (Å²) in [7, 11) is 1.58. The van der Waals surface area contributed by atoms with Crippen molar-refractivity contribution in [1.29, 1.82) is 0 Å². The summed E-state index contributed by atoms with van der Waals surface area (Å²) in [5.74, 6) is -2.38. The van der Waals surface area contributed by atoms with Gasteiger partial charge < -0.3 is 24.9 Å². The van der Waals surface area contributed by atoms with E-state index in [0.29, 0.717) is 18.9 Å². The second-order valence-electron chi connectivity index (χ2n) is 9.08. The van der Waals surface area contributed by atoms with E-state index in [-0.39, 0.29) is 51.0 Å². The van der Waals surface area contributed by atoms with Crippen LogP contribution < -0.4 is 15.8 Å². The maximum atomic E-state index is 15.1. The number of ether oxygens (including phenoxy) is 2. The Kier molecular flexibility index (Phi) is 6.36. The van der Waals surface area contributed by atoms with Gasteiger partial charge in [-0.3, -0.25) is 9.79 Å². The van der Waals surface area contributed by atoms with Gasteiger partial charge in [0, 0.05) is 30.3 Å². The lowest BCUT2D eigenvalue weighted by Gasteiger charge is -2.34. The molecule has 10 nitrogen and oxygen atoms in total. The predicted octanol–water partition coefficient (Wildman–Crippen LogP) is 3.56. The zero-order chi connectivity index (χ0) is 26.4. The van der Waals surface area contributed by atoms with Gasteiger partial charge >= 0.3 is 0 Å². The van der Waals surface area contributed by atoms with Crippen LogP contribution in [0.2, 0.25) is 0 Å². The minimum Gasteiger partial charge on any atom is -0.467 e. The smallest absolute Gasteiger partial charge is 0.276 e. The Morgan fingerprint density at radius 3 is 2.86 bits per heavy atom. The maximum Gasteiger partial charge on any atom is 0.276 e. The van der Waals surface area contributed by atoms with E-state index in [1.165, 1.54) is 36.5 Å². The third kappa shape index (κ3) is 4.64. The Morgan fingerprint density at radius 1 is 1.35 bits per heavy atom. The second kappa shape index (κ2) is 9.38. The molecule has 1 aromatic carbocycles. The normalized spacial score (nSPS) is 24.2. The van der Waals surface area contributed by atoms with Gasteiger partial charge in [-0.15, -0.1) is 0 Å². The summed E-state index contributed by atoms with van der Waals surface area (Å²) in [6, 6.07) is 2.30. The van der Waals surface area contributed by atoms with Crippen LogP contribution in [-0.2, 0) is 16.9 Å². The molecule has 194 valence electrons. The van der Waals surface area contributed by atoms with Crippen LogP contribution in [0.1, 0.15) is 41.0 Å². The van der Waals surface area contributed by atoms with Gasteiger partial charge in [-0.25, -0.2) is 23.7 Å². The number of carbonyl (C=O) groups is 1. The number of rotatable bonds is 8. The summed E-state index contributed by atoms with van der Waals surface area (Å²) in [4.78, 5) is 29.8. The van der Waals surface area contributed by atoms with E-state index >= 15 is 4.39 Å². The Labute approximate surface area is 215 Å². The molecule has 0 unspecified atom stereocenters. The minimum absolute atomic E-state index is 0.00129. The number of anilines is 1. The molecule has 3 heterocycles. The number of nitrogens with one attached hydrogen (secondary N) is 1. The molecule has 37 heavy (non-hydrogen) atoms. The minimum atomic E-state index is -1.13. The van der Waals surface area contributed by atoms with Crippen molar-refractivity contribution in [3.63, 3.8) is 0 Å². The molecule has 0 spiro atoms. The van der Waals surface area contributed by atoms with Gasteiger partial charge in [0.25, 0.3) is 5.91 Å². The maximum absolute atomic E-state index is 15.1. The standard InChI is InChI=1S/C24H24F2N6O4S/c1-12-20(29-9-17(30-12)36-10-18-28-4-5-35-18)21(33)31-13-6-14(19(26)15(25)7-13)23(2)16-8-24(16,11-34-3)37-22(27)32-23/h4-7,9,16H,8,10-11H2,1-3H3,(H2,27,32)(H,31,33)/t16-,23-,24+/m0/s1. The lowest BCUT2D eigenvalue weighted by molar-refractivity contribution is 0.102. The molecule has 13 heteroatoms. The number of amides is 1. The number of carbonyl (C=O) groups excluding carboxylic acids is 1. The van der Waals surface area contributed by atoms with Crippen LogP contribution in [0.15, 0.2) is 40.2 Å². The number of methoxy groups -OCH3 is 1. The summed E-state index contributed by atoms with van der Waals surface area (Å²) in [6.45, 7) is 3.75. The molecular weight excluding hydrogens is 506 g/mol. The van der Waals surface area contributed by atoms with E-state index in [2.05, 4.69) is 25.3 Å². The number of aryl methyl sites for hydroxylation is 1. The van der Waals surface area contributed by atoms with Crippen molar-refractivity contribution in [2.24, 2.45) is 16.6 Å². The van der Waals surface area contributed by atoms with Crippen LogP contribution in [-0.4, -0.2) is 44.5 Å². The molecule has 1 amide bonds. The Bertz CT molecular complexity index is 1390. The average Bonchev–Trinajstić information content (AvgIpc) is 3.31. The molecule has 2 aromatic heterocycles. The van der Waals surface area contributed by atoms with Crippen molar-refractivity contribution >= 4 is 28.5 Å². The third-order valence-electron chi connectivity index (χ3n) is 6.54. The molecular formula is C24H24F2N6O4S. The van der Waals surface area contributed by atoms with Crippen molar-refractivity contribution in [3.05, 3.63) is 65.3 Å². The highest BCUT2D eigenvalue weighted by Crippen LogP contribution is 2.66. The first-order chi connectivity index (χ1) is 17.6. The number of oxazole rings is 1. The van der Waals surface area contributed by atoms with Crippen molar-refractivity contribution in [2.45, 2.75) is 37.2 Å². The van der Waals surface area contributed by atoms with E-state index in [0.717, 1.165) is 6.07 Å². The number of hydrogen-bond donors (Lipinski definition) is 2. The molecule has 1 fully saturated rings. The van der Waals surface area contributed by atoms with Crippen molar-refractivity contribution in [1.82, 2.24) is 15.0 Å². The van der Waals surface area contributed by atoms with Crippen LogP contribution in [0, 0.1) is 24.5 Å². The Morgan fingerprint density at radius 2 is 2.16 bits per heavy atom. The third-order valence-corrected chi connectivity index (χ3v) is 7.82. The Hall–Kier alpha value is -3.58.